The first-order chi connectivity index (χ1) is 16.3. The van der Waals surface area contributed by atoms with Crippen molar-refractivity contribution in [2.45, 2.75) is 45.0 Å². The van der Waals surface area contributed by atoms with Crippen LogP contribution in [0.2, 0.25) is 0 Å². The van der Waals surface area contributed by atoms with Crippen molar-refractivity contribution in [3.8, 4) is 17.2 Å². The summed E-state index contributed by atoms with van der Waals surface area (Å²) in [6.45, 7) is 5.40. The monoisotopic (exact) mass is 506 g/mol. The summed E-state index contributed by atoms with van der Waals surface area (Å²) in [5.74, 6) is -1.52. The van der Waals surface area contributed by atoms with Gasteiger partial charge in [0.25, 0.3) is 0 Å². The lowest BCUT2D eigenvalue weighted by Crippen LogP contribution is -2.41. The van der Waals surface area contributed by atoms with E-state index < -0.39 is 35.3 Å². The van der Waals surface area contributed by atoms with Crippen LogP contribution in [0.3, 0.4) is 0 Å². The lowest BCUT2D eigenvalue weighted by Gasteiger charge is -2.35. The maximum Gasteiger partial charge on any atom is 0.435 e. The van der Waals surface area contributed by atoms with E-state index in [-0.39, 0.29) is 29.8 Å². The average molecular weight is 507 g/mol. The fourth-order valence-electron chi connectivity index (χ4n) is 4.20. The molecule has 6 nitrogen and oxygen atoms in total. The minimum absolute atomic E-state index is 0.0432. The number of alkyl halides is 3. The molecule has 1 atom stereocenters. The van der Waals surface area contributed by atoms with Crippen molar-refractivity contribution in [3.05, 3.63) is 62.9 Å². The van der Waals surface area contributed by atoms with E-state index in [0.29, 0.717) is 15.3 Å². The molecule has 35 heavy (non-hydrogen) atoms. The van der Waals surface area contributed by atoms with Crippen molar-refractivity contribution in [1.29, 1.82) is 5.26 Å². The number of thiophene rings is 1. The first-order valence-corrected chi connectivity index (χ1v) is 11.5. The van der Waals surface area contributed by atoms with Gasteiger partial charge in [-0.3, -0.25) is 4.68 Å². The maximum absolute atomic E-state index is 15.2. The highest BCUT2D eigenvalue weighted by Crippen LogP contribution is 2.45. The SMILES string of the molecule is Cn1cc(-c2c(F)cccc2[C@@H]2CN(C(=O)OC(C)(C)C)Cc3sc(C#N)cc32)c(C(F)(F)F)n1. The summed E-state index contributed by atoms with van der Waals surface area (Å²) in [4.78, 5) is 15.4. The summed E-state index contributed by atoms with van der Waals surface area (Å²) in [5, 5.41) is 13.0. The van der Waals surface area contributed by atoms with Crippen LogP contribution in [0.5, 0.6) is 0 Å². The molecular formula is C24H22F4N4O2S. The van der Waals surface area contributed by atoms with Gasteiger partial charge in [-0.15, -0.1) is 11.3 Å². The number of fused-ring (bicyclic) bond motifs is 1. The number of aromatic nitrogens is 2. The molecular weight excluding hydrogens is 484 g/mol. The van der Waals surface area contributed by atoms with Crippen LogP contribution in [0.15, 0.2) is 30.5 Å². The second kappa shape index (κ2) is 8.68. The Labute approximate surface area is 203 Å². The number of carbonyl (C=O) groups is 1. The molecule has 4 rings (SSSR count). The zero-order valence-corrected chi connectivity index (χ0v) is 20.2. The molecule has 0 radical (unpaired) electrons. The van der Waals surface area contributed by atoms with Crippen molar-refractivity contribution in [2.75, 3.05) is 6.54 Å². The first kappa shape index (κ1) is 24.7. The molecule has 3 aromatic rings. The fourth-order valence-corrected chi connectivity index (χ4v) is 5.24. The Morgan fingerprint density at radius 1 is 1.26 bits per heavy atom. The highest BCUT2D eigenvalue weighted by Gasteiger charge is 2.40. The van der Waals surface area contributed by atoms with E-state index in [1.807, 2.05) is 0 Å². The third kappa shape index (κ3) is 4.89. The van der Waals surface area contributed by atoms with Gasteiger partial charge < -0.3 is 9.64 Å². The van der Waals surface area contributed by atoms with Crippen LogP contribution in [0.25, 0.3) is 11.1 Å². The molecule has 0 spiro atoms. The standard InChI is InChI=1S/C24H22F4N4O2S/c1-23(2,3)34-22(33)32-11-16(15-8-13(9-29)35-19(15)12-32)14-6-5-7-18(25)20(14)17-10-31(4)30-21(17)24(26,27)28/h5-8,10,16H,11-12H2,1-4H3/t16-/m0/s1. The van der Waals surface area contributed by atoms with Gasteiger partial charge in [0.2, 0.25) is 0 Å². The smallest absolute Gasteiger partial charge is 0.435 e. The number of hydrogen-bond donors (Lipinski definition) is 0. The highest BCUT2D eigenvalue weighted by atomic mass is 32.1. The van der Waals surface area contributed by atoms with Gasteiger partial charge in [-0.1, -0.05) is 12.1 Å². The number of nitrogens with zero attached hydrogens (tertiary/aromatic N) is 4. The second-order valence-corrected chi connectivity index (χ2v) is 10.4. The van der Waals surface area contributed by atoms with Crippen molar-refractivity contribution in [1.82, 2.24) is 14.7 Å². The number of aryl methyl sites for hydroxylation is 1. The van der Waals surface area contributed by atoms with Crippen LogP contribution in [0.1, 0.15) is 53.3 Å². The Bertz CT molecular complexity index is 1330. The molecule has 0 fully saturated rings. The van der Waals surface area contributed by atoms with Crippen molar-refractivity contribution in [2.24, 2.45) is 7.05 Å². The van der Waals surface area contributed by atoms with E-state index in [9.17, 15) is 23.2 Å². The molecule has 0 bridgehead atoms. The van der Waals surface area contributed by atoms with Crippen LogP contribution in [-0.4, -0.2) is 32.9 Å². The molecule has 3 heterocycles. The zero-order chi connectivity index (χ0) is 25.7. The number of amides is 1. The highest BCUT2D eigenvalue weighted by molar-refractivity contribution is 7.12. The van der Waals surface area contributed by atoms with Crippen molar-refractivity contribution < 1.29 is 27.1 Å². The van der Waals surface area contributed by atoms with Gasteiger partial charge >= 0.3 is 12.3 Å². The summed E-state index contributed by atoms with van der Waals surface area (Å²) in [7, 11) is 1.33. The number of benzene rings is 1. The molecule has 0 saturated carbocycles. The number of halogens is 4. The molecule has 184 valence electrons. The van der Waals surface area contributed by atoms with Gasteiger partial charge in [-0.2, -0.15) is 23.5 Å². The Hall–Kier alpha value is -3.39. The number of rotatable bonds is 2. The van der Waals surface area contributed by atoms with E-state index in [1.165, 1.54) is 29.4 Å². The van der Waals surface area contributed by atoms with E-state index in [1.54, 1.807) is 32.9 Å². The summed E-state index contributed by atoms with van der Waals surface area (Å²) < 4.78 is 63.0. The summed E-state index contributed by atoms with van der Waals surface area (Å²) in [6.07, 6.45) is -4.27. The number of ether oxygens (including phenoxy) is 1. The zero-order valence-electron chi connectivity index (χ0n) is 19.4. The van der Waals surface area contributed by atoms with Gasteiger partial charge in [0, 0.05) is 41.7 Å². The molecule has 1 aliphatic rings. The fraction of sp³-hybridized carbons (Fsp3) is 0.375. The van der Waals surface area contributed by atoms with E-state index in [2.05, 4.69) is 11.2 Å². The largest absolute Gasteiger partial charge is 0.444 e. The average Bonchev–Trinajstić information content (AvgIpc) is 3.34. The summed E-state index contributed by atoms with van der Waals surface area (Å²) >= 11 is 1.19. The van der Waals surface area contributed by atoms with Crippen LogP contribution in [-0.2, 0) is 24.5 Å². The third-order valence-electron chi connectivity index (χ3n) is 5.50. The van der Waals surface area contributed by atoms with Gasteiger partial charge in [0.05, 0.1) is 6.54 Å². The van der Waals surface area contributed by atoms with Crippen LogP contribution >= 0.6 is 11.3 Å². The first-order valence-electron chi connectivity index (χ1n) is 10.7. The molecule has 1 aliphatic heterocycles. The number of carbonyl (C=O) groups excluding carboxylic acids is 1. The predicted molar refractivity (Wildman–Crippen MR) is 121 cm³/mol. The van der Waals surface area contributed by atoms with Crippen LogP contribution < -0.4 is 0 Å². The van der Waals surface area contributed by atoms with Crippen molar-refractivity contribution >= 4 is 17.4 Å². The van der Waals surface area contributed by atoms with E-state index in [0.717, 1.165) is 16.9 Å². The summed E-state index contributed by atoms with van der Waals surface area (Å²) in [6, 6.07) is 7.78. The maximum atomic E-state index is 15.2. The molecule has 0 aliphatic carbocycles. The third-order valence-corrected chi connectivity index (χ3v) is 6.54. The van der Waals surface area contributed by atoms with E-state index >= 15 is 4.39 Å². The molecule has 0 N–H and O–H groups in total. The lowest BCUT2D eigenvalue weighted by atomic mass is 9.83. The number of nitriles is 1. The Morgan fingerprint density at radius 2 is 1.97 bits per heavy atom. The van der Waals surface area contributed by atoms with Crippen LogP contribution in [0.4, 0.5) is 22.4 Å². The van der Waals surface area contributed by atoms with Crippen LogP contribution in [0, 0.1) is 17.1 Å². The topological polar surface area (TPSA) is 71.2 Å². The normalized spacial score (nSPS) is 16.1. The number of hydrogen-bond acceptors (Lipinski definition) is 5. The van der Waals surface area contributed by atoms with Gasteiger partial charge in [-0.25, -0.2) is 9.18 Å². The van der Waals surface area contributed by atoms with Crippen molar-refractivity contribution in [3.63, 3.8) is 0 Å². The molecule has 11 heteroatoms. The Kier molecular flexibility index (Phi) is 6.13. The molecule has 1 amide bonds. The van der Waals surface area contributed by atoms with Gasteiger partial charge in [-0.05, 0) is 44.0 Å². The minimum Gasteiger partial charge on any atom is -0.444 e. The Morgan fingerprint density at radius 3 is 2.60 bits per heavy atom. The molecule has 0 unspecified atom stereocenters. The second-order valence-electron chi connectivity index (χ2n) is 9.28. The summed E-state index contributed by atoms with van der Waals surface area (Å²) in [5.41, 5.74) is -1.65. The molecule has 1 aromatic carbocycles. The predicted octanol–water partition coefficient (Wildman–Crippen LogP) is 6.06. The lowest BCUT2D eigenvalue weighted by molar-refractivity contribution is -0.141. The molecule has 0 saturated heterocycles. The Balaban J connectivity index is 1.89. The minimum atomic E-state index is -4.80. The van der Waals surface area contributed by atoms with Gasteiger partial charge in [0.15, 0.2) is 5.69 Å². The van der Waals surface area contributed by atoms with E-state index in [4.69, 9.17) is 4.74 Å². The van der Waals surface area contributed by atoms with Gasteiger partial charge in [0.1, 0.15) is 22.4 Å². The quantitative estimate of drug-likeness (QED) is 0.396. The molecule has 2 aromatic heterocycles.